The predicted octanol–water partition coefficient (Wildman–Crippen LogP) is 3.97. The fourth-order valence-electron chi connectivity index (χ4n) is 2.43. The standard InChI is InChI=1S/C17H19N3S/c1-2-6-19-16(9-13-4-3-7-18-11-13)14-10-17-15(20-12-14)5-8-21-17/h3-5,7-8,10-12,16,19H,2,6,9H2,1H3. The van der Waals surface area contributed by atoms with Crippen molar-refractivity contribution >= 4 is 21.6 Å². The van der Waals surface area contributed by atoms with E-state index in [-0.39, 0.29) is 6.04 Å². The first kappa shape index (κ1) is 14.2. The number of nitrogens with one attached hydrogen (secondary N) is 1. The second-order valence-electron chi connectivity index (χ2n) is 5.14. The van der Waals surface area contributed by atoms with E-state index in [4.69, 9.17) is 0 Å². The summed E-state index contributed by atoms with van der Waals surface area (Å²) in [6, 6.07) is 8.74. The molecule has 0 saturated carbocycles. The molecular weight excluding hydrogens is 278 g/mol. The van der Waals surface area contributed by atoms with E-state index in [9.17, 15) is 0 Å². The number of fused-ring (bicyclic) bond motifs is 1. The smallest absolute Gasteiger partial charge is 0.0809 e. The molecule has 3 nitrogen and oxygen atoms in total. The second-order valence-corrected chi connectivity index (χ2v) is 6.09. The van der Waals surface area contributed by atoms with Crippen molar-refractivity contribution in [3.63, 3.8) is 0 Å². The molecule has 3 aromatic heterocycles. The number of hydrogen-bond acceptors (Lipinski definition) is 4. The van der Waals surface area contributed by atoms with Crippen LogP contribution in [0.5, 0.6) is 0 Å². The number of aromatic nitrogens is 2. The van der Waals surface area contributed by atoms with Crippen LogP contribution in [0, 0.1) is 0 Å². The molecule has 0 aliphatic carbocycles. The van der Waals surface area contributed by atoms with Crippen LogP contribution in [0.1, 0.15) is 30.5 Å². The molecule has 3 rings (SSSR count). The zero-order valence-corrected chi connectivity index (χ0v) is 12.9. The molecule has 4 heteroatoms. The highest BCUT2D eigenvalue weighted by molar-refractivity contribution is 7.17. The lowest BCUT2D eigenvalue weighted by Crippen LogP contribution is -2.24. The first-order valence-corrected chi connectivity index (χ1v) is 8.20. The van der Waals surface area contributed by atoms with Crippen LogP contribution in [-0.2, 0) is 6.42 Å². The Morgan fingerprint density at radius 2 is 2.24 bits per heavy atom. The summed E-state index contributed by atoms with van der Waals surface area (Å²) in [4.78, 5) is 8.78. The average molecular weight is 297 g/mol. The lowest BCUT2D eigenvalue weighted by atomic mass is 10.0. The number of pyridine rings is 2. The van der Waals surface area contributed by atoms with Gasteiger partial charge in [0.15, 0.2) is 0 Å². The van der Waals surface area contributed by atoms with E-state index in [1.54, 1.807) is 11.3 Å². The maximum Gasteiger partial charge on any atom is 0.0809 e. The Kier molecular flexibility index (Phi) is 4.58. The van der Waals surface area contributed by atoms with Crippen molar-refractivity contribution in [3.05, 3.63) is 59.4 Å². The summed E-state index contributed by atoms with van der Waals surface area (Å²) in [7, 11) is 0. The van der Waals surface area contributed by atoms with Gasteiger partial charge in [-0.2, -0.15) is 0 Å². The molecule has 108 valence electrons. The summed E-state index contributed by atoms with van der Waals surface area (Å²) < 4.78 is 1.25. The van der Waals surface area contributed by atoms with Gasteiger partial charge < -0.3 is 5.32 Å². The number of thiophene rings is 1. The highest BCUT2D eigenvalue weighted by Crippen LogP contribution is 2.24. The Morgan fingerprint density at radius 1 is 1.29 bits per heavy atom. The molecule has 0 spiro atoms. The summed E-state index contributed by atoms with van der Waals surface area (Å²) >= 11 is 1.75. The van der Waals surface area contributed by atoms with E-state index in [0.717, 1.165) is 24.9 Å². The van der Waals surface area contributed by atoms with Crippen LogP contribution in [0.3, 0.4) is 0 Å². The second kappa shape index (κ2) is 6.78. The fraction of sp³-hybridized carbons (Fsp3) is 0.294. The SMILES string of the molecule is CCCNC(Cc1cccnc1)c1cnc2ccsc2c1. The summed E-state index contributed by atoms with van der Waals surface area (Å²) in [6.07, 6.45) is 7.82. The minimum absolute atomic E-state index is 0.285. The highest BCUT2D eigenvalue weighted by Gasteiger charge is 2.13. The van der Waals surface area contributed by atoms with Crippen LogP contribution >= 0.6 is 11.3 Å². The minimum Gasteiger partial charge on any atom is -0.310 e. The zero-order valence-electron chi connectivity index (χ0n) is 12.1. The van der Waals surface area contributed by atoms with Gasteiger partial charge in [-0.25, -0.2) is 0 Å². The molecule has 0 amide bonds. The van der Waals surface area contributed by atoms with Crippen molar-refractivity contribution in [2.45, 2.75) is 25.8 Å². The Morgan fingerprint density at radius 3 is 3.05 bits per heavy atom. The number of hydrogen-bond donors (Lipinski definition) is 1. The van der Waals surface area contributed by atoms with E-state index in [1.807, 2.05) is 24.7 Å². The molecule has 21 heavy (non-hydrogen) atoms. The van der Waals surface area contributed by atoms with Crippen LogP contribution in [0.15, 0.2) is 48.2 Å². The van der Waals surface area contributed by atoms with Crippen LogP contribution in [0.2, 0.25) is 0 Å². The van der Waals surface area contributed by atoms with E-state index < -0.39 is 0 Å². The molecule has 0 fully saturated rings. The van der Waals surface area contributed by atoms with Gasteiger partial charge in [-0.3, -0.25) is 9.97 Å². The fourth-order valence-corrected chi connectivity index (χ4v) is 3.22. The van der Waals surface area contributed by atoms with Gasteiger partial charge in [0.1, 0.15) is 0 Å². The van der Waals surface area contributed by atoms with Crippen molar-refractivity contribution in [1.82, 2.24) is 15.3 Å². The van der Waals surface area contributed by atoms with E-state index in [0.29, 0.717) is 0 Å². The molecule has 1 N–H and O–H groups in total. The number of rotatable bonds is 6. The van der Waals surface area contributed by atoms with Crippen molar-refractivity contribution < 1.29 is 0 Å². The largest absolute Gasteiger partial charge is 0.310 e. The third kappa shape index (κ3) is 3.46. The van der Waals surface area contributed by atoms with Crippen molar-refractivity contribution in [2.24, 2.45) is 0 Å². The van der Waals surface area contributed by atoms with Gasteiger partial charge in [0, 0.05) is 24.6 Å². The molecule has 1 unspecified atom stereocenters. The molecule has 0 aromatic carbocycles. The van der Waals surface area contributed by atoms with Crippen LogP contribution in [0.25, 0.3) is 10.2 Å². The lowest BCUT2D eigenvalue weighted by molar-refractivity contribution is 0.528. The predicted molar refractivity (Wildman–Crippen MR) is 88.6 cm³/mol. The van der Waals surface area contributed by atoms with Gasteiger partial charge in [0.2, 0.25) is 0 Å². The topological polar surface area (TPSA) is 37.8 Å². The van der Waals surface area contributed by atoms with Gasteiger partial charge in [0.05, 0.1) is 10.2 Å². The molecule has 0 aliphatic rings. The molecule has 3 aromatic rings. The first-order valence-electron chi connectivity index (χ1n) is 7.32. The summed E-state index contributed by atoms with van der Waals surface area (Å²) in [5.74, 6) is 0. The van der Waals surface area contributed by atoms with Crippen molar-refractivity contribution in [3.8, 4) is 0 Å². The first-order chi connectivity index (χ1) is 10.4. The molecule has 1 atom stereocenters. The quantitative estimate of drug-likeness (QED) is 0.748. The van der Waals surface area contributed by atoms with Crippen LogP contribution < -0.4 is 5.32 Å². The van der Waals surface area contributed by atoms with E-state index >= 15 is 0 Å². The Bertz CT molecular complexity index is 693. The van der Waals surface area contributed by atoms with Gasteiger partial charge in [0.25, 0.3) is 0 Å². The maximum atomic E-state index is 4.57. The molecule has 0 saturated heterocycles. The Labute approximate surface area is 129 Å². The van der Waals surface area contributed by atoms with Crippen LogP contribution in [0.4, 0.5) is 0 Å². The van der Waals surface area contributed by atoms with Gasteiger partial charge in [-0.15, -0.1) is 11.3 Å². The molecular formula is C17H19N3S. The Balaban J connectivity index is 1.86. The molecule has 0 bridgehead atoms. The molecule has 3 heterocycles. The minimum atomic E-state index is 0.285. The molecule has 0 aliphatic heterocycles. The maximum absolute atomic E-state index is 4.57. The van der Waals surface area contributed by atoms with Gasteiger partial charge in [-0.1, -0.05) is 13.0 Å². The third-order valence-electron chi connectivity index (χ3n) is 3.53. The van der Waals surface area contributed by atoms with E-state index in [1.165, 1.54) is 15.8 Å². The summed E-state index contributed by atoms with van der Waals surface area (Å²) in [5, 5.41) is 5.72. The lowest BCUT2D eigenvalue weighted by Gasteiger charge is -2.18. The van der Waals surface area contributed by atoms with Crippen LogP contribution in [-0.4, -0.2) is 16.5 Å². The van der Waals surface area contributed by atoms with Gasteiger partial charge >= 0.3 is 0 Å². The number of nitrogens with zero attached hydrogens (tertiary/aromatic N) is 2. The zero-order chi connectivity index (χ0) is 14.5. The normalized spacial score (nSPS) is 12.6. The summed E-state index contributed by atoms with van der Waals surface area (Å²) in [6.45, 7) is 3.20. The van der Waals surface area contributed by atoms with Crippen molar-refractivity contribution in [2.75, 3.05) is 6.54 Å². The molecule has 0 radical (unpaired) electrons. The Hall–Kier alpha value is -1.78. The highest BCUT2D eigenvalue weighted by atomic mass is 32.1. The monoisotopic (exact) mass is 297 g/mol. The van der Waals surface area contributed by atoms with Crippen molar-refractivity contribution in [1.29, 1.82) is 0 Å². The van der Waals surface area contributed by atoms with E-state index in [2.05, 4.69) is 45.8 Å². The van der Waals surface area contributed by atoms with Gasteiger partial charge in [-0.05, 0) is 54.1 Å². The average Bonchev–Trinajstić information content (AvgIpc) is 3.00. The third-order valence-corrected chi connectivity index (χ3v) is 4.38. The summed E-state index contributed by atoms with van der Waals surface area (Å²) in [5.41, 5.74) is 3.58.